The van der Waals surface area contributed by atoms with E-state index in [9.17, 15) is 9.59 Å². The topological polar surface area (TPSA) is 68.4 Å². The predicted octanol–water partition coefficient (Wildman–Crippen LogP) is 5.35. The summed E-state index contributed by atoms with van der Waals surface area (Å²) in [5.41, 5.74) is 5.79. The fourth-order valence-electron chi connectivity index (χ4n) is 5.84. The van der Waals surface area contributed by atoms with Crippen molar-refractivity contribution in [1.29, 1.82) is 0 Å². The van der Waals surface area contributed by atoms with Crippen LogP contribution in [0.5, 0.6) is 0 Å². The Kier molecular flexibility index (Phi) is 9.55. The number of aromatic nitrogens is 1. The molecule has 1 aromatic heterocycles. The van der Waals surface area contributed by atoms with Crippen molar-refractivity contribution in [3.63, 3.8) is 0 Å². The molecule has 0 atom stereocenters. The summed E-state index contributed by atoms with van der Waals surface area (Å²) < 4.78 is 0. The van der Waals surface area contributed by atoms with E-state index in [0.29, 0.717) is 23.2 Å². The van der Waals surface area contributed by atoms with Crippen molar-refractivity contribution in [1.82, 2.24) is 15.2 Å². The summed E-state index contributed by atoms with van der Waals surface area (Å²) in [6.45, 7) is 19.8. The van der Waals surface area contributed by atoms with Gasteiger partial charge in [-0.05, 0) is 101 Å². The minimum atomic E-state index is -0.168. The van der Waals surface area contributed by atoms with Gasteiger partial charge in [0.1, 0.15) is 0 Å². The van der Waals surface area contributed by atoms with Crippen LogP contribution in [0.3, 0.4) is 0 Å². The van der Waals surface area contributed by atoms with E-state index in [1.54, 1.807) is 6.08 Å². The molecule has 1 heterocycles. The summed E-state index contributed by atoms with van der Waals surface area (Å²) in [7, 11) is 0. The Balaban J connectivity index is 1.83. The number of pyridine rings is 1. The van der Waals surface area contributed by atoms with Crippen molar-refractivity contribution in [2.24, 2.45) is 0 Å². The van der Waals surface area contributed by atoms with Crippen molar-refractivity contribution in [2.45, 2.75) is 85.9 Å². The quantitative estimate of drug-likeness (QED) is 0.469. The van der Waals surface area contributed by atoms with Gasteiger partial charge >= 0.3 is 0 Å². The fourth-order valence-corrected chi connectivity index (χ4v) is 5.84. The van der Waals surface area contributed by atoms with Crippen molar-refractivity contribution < 1.29 is 4.79 Å². The van der Waals surface area contributed by atoms with Crippen molar-refractivity contribution >= 4 is 17.7 Å². The molecule has 1 aliphatic carbocycles. The molecule has 6 nitrogen and oxygen atoms in total. The highest BCUT2D eigenvalue weighted by atomic mass is 16.1. The lowest BCUT2D eigenvalue weighted by molar-refractivity contribution is 0.0950. The Morgan fingerprint density at radius 2 is 1.67 bits per heavy atom. The van der Waals surface area contributed by atoms with Crippen LogP contribution >= 0.6 is 0 Å². The number of benzene rings is 1. The van der Waals surface area contributed by atoms with Gasteiger partial charge in [0.05, 0.1) is 0 Å². The maximum Gasteiger partial charge on any atom is 0.253 e. The monoisotopic (exact) mass is 492 g/mol. The molecule has 1 amide bonds. The maximum atomic E-state index is 13.3. The van der Waals surface area contributed by atoms with Gasteiger partial charge in [0, 0.05) is 47.7 Å². The van der Waals surface area contributed by atoms with Gasteiger partial charge in [-0.15, -0.1) is 0 Å². The summed E-state index contributed by atoms with van der Waals surface area (Å²) in [5.74, 6) is -0.168. The van der Waals surface area contributed by atoms with E-state index < -0.39 is 0 Å². The van der Waals surface area contributed by atoms with Gasteiger partial charge in [-0.3, -0.25) is 9.59 Å². The van der Waals surface area contributed by atoms with Gasteiger partial charge in [-0.1, -0.05) is 26.5 Å². The van der Waals surface area contributed by atoms with E-state index in [2.05, 4.69) is 53.5 Å². The lowest BCUT2D eigenvalue weighted by Crippen LogP contribution is -2.44. The van der Waals surface area contributed by atoms with E-state index in [1.165, 1.54) is 12.8 Å². The van der Waals surface area contributed by atoms with Gasteiger partial charge in [0.25, 0.3) is 11.5 Å². The lowest BCUT2D eigenvalue weighted by Gasteiger charge is -2.41. The third kappa shape index (κ3) is 6.09. The summed E-state index contributed by atoms with van der Waals surface area (Å²) in [5, 5.41) is 2.99. The predicted molar refractivity (Wildman–Crippen MR) is 151 cm³/mol. The zero-order valence-electron chi connectivity index (χ0n) is 23.0. The van der Waals surface area contributed by atoms with Crippen LogP contribution in [-0.2, 0) is 6.54 Å². The van der Waals surface area contributed by atoms with Crippen LogP contribution < -0.4 is 15.8 Å². The molecule has 2 N–H and O–H groups in total. The molecule has 1 aliphatic rings. The second-order valence-electron chi connectivity index (χ2n) is 10.0. The number of aromatic amines is 1. The first-order chi connectivity index (χ1) is 17.2. The SMILES string of the molecule is C=Cc1cc(C(=O)NCc2c(C)cc(C)[nH]c2=O)c(C)c(N(CC)C2CCC(N(CC)CC)CC2)c1. The molecule has 0 radical (unpaired) electrons. The van der Waals surface area contributed by atoms with Crippen LogP contribution in [0, 0.1) is 20.8 Å². The Morgan fingerprint density at radius 3 is 2.22 bits per heavy atom. The molecule has 1 saturated carbocycles. The van der Waals surface area contributed by atoms with Crippen LogP contribution in [-0.4, -0.2) is 47.5 Å². The highest BCUT2D eigenvalue weighted by Gasteiger charge is 2.29. The maximum absolute atomic E-state index is 13.3. The zero-order valence-corrected chi connectivity index (χ0v) is 23.0. The second kappa shape index (κ2) is 12.4. The van der Waals surface area contributed by atoms with Crippen LogP contribution in [0.2, 0.25) is 0 Å². The molecule has 196 valence electrons. The number of anilines is 1. The molecule has 2 aromatic rings. The molecule has 0 bridgehead atoms. The van der Waals surface area contributed by atoms with Crippen molar-refractivity contribution in [3.8, 4) is 0 Å². The lowest BCUT2D eigenvalue weighted by atomic mass is 9.88. The third-order valence-electron chi connectivity index (χ3n) is 7.89. The van der Waals surface area contributed by atoms with Gasteiger partial charge in [-0.25, -0.2) is 0 Å². The normalized spacial score (nSPS) is 17.8. The van der Waals surface area contributed by atoms with Gasteiger partial charge in [0.2, 0.25) is 0 Å². The molecule has 0 saturated heterocycles. The Labute approximate surface area is 216 Å². The number of amides is 1. The first kappa shape index (κ1) is 27.7. The Bertz CT molecular complexity index is 1120. The zero-order chi connectivity index (χ0) is 26.4. The fraction of sp³-hybridized carbons (Fsp3) is 0.533. The number of carbonyl (C=O) groups excluding carboxylic acids is 1. The number of carbonyl (C=O) groups is 1. The molecule has 6 heteroatoms. The molecule has 0 unspecified atom stereocenters. The molecule has 0 aliphatic heterocycles. The Hall–Kier alpha value is -2.86. The molecule has 0 spiro atoms. The van der Waals surface area contributed by atoms with Crippen LogP contribution in [0.15, 0.2) is 29.6 Å². The number of H-pyrrole nitrogens is 1. The number of hydrogen-bond acceptors (Lipinski definition) is 4. The summed E-state index contributed by atoms with van der Waals surface area (Å²) in [6.07, 6.45) is 6.54. The van der Waals surface area contributed by atoms with E-state index in [1.807, 2.05) is 32.9 Å². The molecule has 3 rings (SSSR count). The highest BCUT2D eigenvalue weighted by molar-refractivity contribution is 5.98. The standard InChI is InChI=1S/C30H44N4O2/c1-8-23-17-26(29(35)31-19-27-20(5)16-21(6)32-30(27)36)22(7)28(18-23)34(11-4)25-14-12-24(13-15-25)33(9-2)10-3/h8,16-18,24-25H,1,9-15,19H2,2-7H3,(H,31,35)(H,32,36). The molecule has 1 aromatic carbocycles. The first-order valence-electron chi connectivity index (χ1n) is 13.5. The molecule has 36 heavy (non-hydrogen) atoms. The van der Waals surface area contributed by atoms with Crippen molar-refractivity contribution in [2.75, 3.05) is 24.5 Å². The smallest absolute Gasteiger partial charge is 0.253 e. The third-order valence-corrected chi connectivity index (χ3v) is 7.89. The van der Waals surface area contributed by atoms with E-state index in [0.717, 1.165) is 60.5 Å². The first-order valence-corrected chi connectivity index (χ1v) is 13.5. The van der Waals surface area contributed by atoms with Crippen LogP contribution in [0.1, 0.15) is 84.8 Å². The van der Waals surface area contributed by atoms with E-state index in [4.69, 9.17) is 0 Å². The van der Waals surface area contributed by atoms with Gasteiger partial charge in [0.15, 0.2) is 0 Å². The number of hydrogen-bond donors (Lipinski definition) is 2. The van der Waals surface area contributed by atoms with Gasteiger partial charge in [-0.2, -0.15) is 0 Å². The number of rotatable bonds is 10. The summed E-state index contributed by atoms with van der Waals surface area (Å²) in [4.78, 5) is 33.6. The van der Waals surface area contributed by atoms with Crippen LogP contribution in [0.25, 0.3) is 6.08 Å². The number of nitrogens with one attached hydrogen (secondary N) is 2. The second-order valence-corrected chi connectivity index (χ2v) is 10.0. The molecular formula is C30H44N4O2. The number of aryl methyl sites for hydroxylation is 2. The minimum absolute atomic E-state index is 0.150. The Morgan fingerprint density at radius 1 is 1.03 bits per heavy atom. The van der Waals surface area contributed by atoms with Crippen molar-refractivity contribution in [3.05, 3.63) is 68.6 Å². The summed E-state index contributed by atoms with van der Waals surface area (Å²) >= 11 is 0. The minimum Gasteiger partial charge on any atom is -0.369 e. The average molecular weight is 493 g/mol. The average Bonchev–Trinajstić information content (AvgIpc) is 2.86. The summed E-state index contributed by atoms with van der Waals surface area (Å²) in [6, 6.07) is 7.13. The number of nitrogens with zero attached hydrogens (tertiary/aromatic N) is 2. The van der Waals surface area contributed by atoms with E-state index >= 15 is 0 Å². The molecular weight excluding hydrogens is 448 g/mol. The van der Waals surface area contributed by atoms with Gasteiger partial charge < -0.3 is 20.1 Å². The highest BCUT2D eigenvalue weighted by Crippen LogP contribution is 2.33. The largest absolute Gasteiger partial charge is 0.369 e. The molecule has 1 fully saturated rings. The van der Waals surface area contributed by atoms with E-state index in [-0.39, 0.29) is 18.0 Å². The van der Waals surface area contributed by atoms with Crippen LogP contribution in [0.4, 0.5) is 5.69 Å².